The smallest absolute Gasteiger partial charge is 0.274 e. The molecule has 0 saturated carbocycles. The van der Waals surface area contributed by atoms with Crippen molar-refractivity contribution >= 4 is 5.91 Å². The highest BCUT2D eigenvalue weighted by atomic mass is 16.2. The van der Waals surface area contributed by atoms with Crippen molar-refractivity contribution in [1.29, 1.82) is 0 Å². The van der Waals surface area contributed by atoms with Crippen molar-refractivity contribution in [2.24, 2.45) is 5.92 Å². The van der Waals surface area contributed by atoms with E-state index in [4.69, 9.17) is 0 Å². The Balaban J connectivity index is 1.94. The molecule has 0 radical (unpaired) electrons. The molecule has 0 aromatic carbocycles. The Morgan fingerprint density at radius 2 is 1.87 bits per heavy atom. The molecule has 1 fully saturated rings. The Bertz CT molecular complexity index is 574. The summed E-state index contributed by atoms with van der Waals surface area (Å²) in [4.78, 5) is 28.5. The zero-order valence-corrected chi connectivity index (χ0v) is 14.5. The molecule has 2 rings (SSSR count). The number of rotatable bonds is 6. The first-order valence-electron chi connectivity index (χ1n) is 8.61. The van der Waals surface area contributed by atoms with Crippen LogP contribution in [0.2, 0.25) is 0 Å². The molecule has 0 spiro atoms. The van der Waals surface area contributed by atoms with E-state index in [1.165, 1.54) is 17.2 Å². The van der Waals surface area contributed by atoms with Gasteiger partial charge < -0.3 is 4.90 Å². The second-order valence-electron chi connectivity index (χ2n) is 6.60. The third kappa shape index (κ3) is 4.89. The molecule has 23 heavy (non-hydrogen) atoms. The fourth-order valence-electron chi connectivity index (χ4n) is 2.71. The first kappa shape index (κ1) is 17.7. The van der Waals surface area contributed by atoms with Gasteiger partial charge in [-0.05, 0) is 31.4 Å². The summed E-state index contributed by atoms with van der Waals surface area (Å²) in [7, 11) is 0. The topological polar surface area (TPSA) is 58.4 Å². The van der Waals surface area contributed by atoms with E-state index in [1.54, 1.807) is 6.07 Å². The molecule has 128 valence electrons. The number of hydrogen-bond donors (Lipinski definition) is 0. The molecule has 1 aromatic heterocycles. The number of aryl methyl sites for hydroxylation is 1. The molecular formula is C17H28N4O2. The number of carbonyl (C=O) groups is 1. The number of amides is 1. The van der Waals surface area contributed by atoms with Crippen LogP contribution < -0.4 is 5.56 Å². The Morgan fingerprint density at radius 1 is 1.17 bits per heavy atom. The van der Waals surface area contributed by atoms with Gasteiger partial charge in [-0.1, -0.05) is 20.8 Å². The molecule has 2 heterocycles. The summed E-state index contributed by atoms with van der Waals surface area (Å²) in [6.07, 6.45) is 2.01. The van der Waals surface area contributed by atoms with Crippen LogP contribution in [-0.4, -0.2) is 58.2 Å². The summed E-state index contributed by atoms with van der Waals surface area (Å²) >= 11 is 0. The third-order valence-corrected chi connectivity index (χ3v) is 4.20. The second kappa shape index (κ2) is 8.24. The van der Waals surface area contributed by atoms with Crippen molar-refractivity contribution < 1.29 is 4.79 Å². The van der Waals surface area contributed by atoms with Crippen LogP contribution in [0.3, 0.4) is 0 Å². The van der Waals surface area contributed by atoms with Crippen LogP contribution in [0.25, 0.3) is 0 Å². The minimum Gasteiger partial charge on any atom is -0.335 e. The third-order valence-electron chi connectivity index (χ3n) is 4.20. The number of carbonyl (C=O) groups excluding carboxylic acids is 1. The fourth-order valence-corrected chi connectivity index (χ4v) is 2.71. The Kier molecular flexibility index (Phi) is 6.33. The summed E-state index contributed by atoms with van der Waals surface area (Å²) in [5.41, 5.74) is 0.218. The molecule has 6 heteroatoms. The van der Waals surface area contributed by atoms with Crippen LogP contribution in [0.5, 0.6) is 0 Å². The second-order valence-corrected chi connectivity index (χ2v) is 6.60. The molecule has 6 nitrogen and oxygen atoms in total. The van der Waals surface area contributed by atoms with Gasteiger partial charge in [0.2, 0.25) is 0 Å². The number of nitrogens with zero attached hydrogens (tertiary/aromatic N) is 4. The lowest BCUT2D eigenvalue weighted by molar-refractivity contribution is 0.0623. The van der Waals surface area contributed by atoms with Crippen LogP contribution in [0.15, 0.2) is 16.9 Å². The van der Waals surface area contributed by atoms with Crippen molar-refractivity contribution in [3.8, 4) is 0 Å². The SMILES string of the molecule is CCCn1nc(C(=O)N2CCN(CCC(C)C)CC2)ccc1=O. The van der Waals surface area contributed by atoms with Gasteiger partial charge in [-0.15, -0.1) is 0 Å². The highest BCUT2D eigenvalue weighted by Gasteiger charge is 2.23. The van der Waals surface area contributed by atoms with Gasteiger partial charge in [0.1, 0.15) is 5.69 Å². The van der Waals surface area contributed by atoms with Gasteiger partial charge in [0, 0.05) is 38.8 Å². The first-order chi connectivity index (χ1) is 11.0. The predicted octanol–water partition coefficient (Wildman–Crippen LogP) is 1.46. The van der Waals surface area contributed by atoms with Gasteiger partial charge in [0.25, 0.3) is 11.5 Å². The van der Waals surface area contributed by atoms with E-state index >= 15 is 0 Å². The fraction of sp³-hybridized carbons (Fsp3) is 0.706. The maximum Gasteiger partial charge on any atom is 0.274 e. The lowest BCUT2D eigenvalue weighted by Gasteiger charge is -2.34. The molecular weight excluding hydrogens is 292 g/mol. The average molecular weight is 320 g/mol. The van der Waals surface area contributed by atoms with Gasteiger partial charge in [0.15, 0.2) is 0 Å². The molecule has 0 bridgehead atoms. The standard InChI is InChI=1S/C17H28N4O2/c1-4-8-21-16(22)6-5-15(18-21)17(23)20-12-10-19(11-13-20)9-7-14(2)3/h5-6,14H,4,7-13H2,1-3H3. The van der Waals surface area contributed by atoms with Gasteiger partial charge >= 0.3 is 0 Å². The zero-order chi connectivity index (χ0) is 16.8. The Labute approximate surface area is 138 Å². The molecule has 1 aliphatic heterocycles. The van der Waals surface area contributed by atoms with Gasteiger partial charge in [-0.25, -0.2) is 4.68 Å². The molecule has 1 aliphatic rings. The van der Waals surface area contributed by atoms with Crippen molar-refractivity contribution in [3.63, 3.8) is 0 Å². The Morgan fingerprint density at radius 3 is 2.48 bits per heavy atom. The number of hydrogen-bond acceptors (Lipinski definition) is 4. The molecule has 0 atom stereocenters. The van der Waals surface area contributed by atoms with E-state index in [2.05, 4.69) is 23.8 Å². The molecule has 1 saturated heterocycles. The van der Waals surface area contributed by atoms with Gasteiger partial charge in [-0.3, -0.25) is 14.5 Å². The summed E-state index contributed by atoms with van der Waals surface area (Å²) < 4.78 is 1.38. The first-order valence-corrected chi connectivity index (χ1v) is 8.61. The van der Waals surface area contributed by atoms with Crippen molar-refractivity contribution in [2.45, 2.75) is 40.2 Å². The molecule has 0 aliphatic carbocycles. The summed E-state index contributed by atoms with van der Waals surface area (Å²) in [6, 6.07) is 2.98. The zero-order valence-electron chi connectivity index (χ0n) is 14.5. The summed E-state index contributed by atoms with van der Waals surface area (Å²) in [5.74, 6) is 0.636. The summed E-state index contributed by atoms with van der Waals surface area (Å²) in [6.45, 7) is 11.4. The van der Waals surface area contributed by atoms with Crippen LogP contribution in [0, 0.1) is 5.92 Å². The number of aromatic nitrogens is 2. The number of piperazine rings is 1. The van der Waals surface area contributed by atoms with E-state index in [0.717, 1.165) is 39.1 Å². The molecule has 1 aromatic rings. The minimum absolute atomic E-state index is 0.0710. The van der Waals surface area contributed by atoms with Crippen LogP contribution in [-0.2, 0) is 6.54 Å². The highest BCUT2D eigenvalue weighted by Crippen LogP contribution is 2.09. The van der Waals surface area contributed by atoms with Crippen LogP contribution >= 0.6 is 0 Å². The van der Waals surface area contributed by atoms with E-state index in [1.807, 2.05) is 11.8 Å². The highest BCUT2D eigenvalue weighted by molar-refractivity contribution is 5.92. The Hall–Kier alpha value is -1.69. The molecule has 1 amide bonds. The molecule has 0 N–H and O–H groups in total. The van der Waals surface area contributed by atoms with Crippen LogP contribution in [0.1, 0.15) is 44.1 Å². The van der Waals surface area contributed by atoms with Crippen molar-refractivity contribution in [2.75, 3.05) is 32.7 Å². The van der Waals surface area contributed by atoms with Gasteiger partial charge in [0.05, 0.1) is 0 Å². The van der Waals surface area contributed by atoms with E-state index in [-0.39, 0.29) is 11.5 Å². The maximum atomic E-state index is 12.6. The quantitative estimate of drug-likeness (QED) is 0.796. The van der Waals surface area contributed by atoms with E-state index in [9.17, 15) is 9.59 Å². The monoisotopic (exact) mass is 320 g/mol. The van der Waals surface area contributed by atoms with E-state index in [0.29, 0.717) is 18.2 Å². The lowest BCUT2D eigenvalue weighted by atomic mass is 10.1. The predicted molar refractivity (Wildman–Crippen MR) is 90.6 cm³/mol. The summed E-state index contributed by atoms with van der Waals surface area (Å²) in [5, 5.41) is 4.22. The lowest BCUT2D eigenvalue weighted by Crippen LogP contribution is -2.49. The molecule has 0 unspecified atom stereocenters. The van der Waals surface area contributed by atoms with Gasteiger partial charge in [-0.2, -0.15) is 5.10 Å². The normalized spacial score (nSPS) is 16.1. The van der Waals surface area contributed by atoms with Crippen molar-refractivity contribution in [3.05, 3.63) is 28.2 Å². The van der Waals surface area contributed by atoms with E-state index < -0.39 is 0 Å². The largest absolute Gasteiger partial charge is 0.335 e. The maximum absolute atomic E-state index is 12.6. The van der Waals surface area contributed by atoms with Crippen molar-refractivity contribution in [1.82, 2.24) is 19.6 Å². The minimum atomic E-state index is -0.151. The average Bonchev–Trinajstić information content (AvgIpc) is 2.55. The van der Waals surface area contributed by atoms with Crippen LogP contribution in [0.4, 0.5) is 0 Å².